The van der Waals surface area contributed by atoms with Gasteiger partial charge in [0.05, 0.1) is 28.9 Å². The number of rotatable bonds is 6. The first-order valence-corrected chi connectivity index (χ1v) is 14.4. The molecule has 38 heavy (non-hydrogen) atoms. The molecule has 1 fully saturated rings. The van der Waals surface area contributed by atoms with E-state index in [9.17, 15) is 22.6 Å². The van der Waals surface area contributed by atoms with Crippen molar-refractivity contribution < 1.29 is 22.6 Å². The minimum atomic E-state index is -4.77. The maximum absolute atomic E-state index is 13.7. The predicted molar refractivity (Wildman–Crippen MR) is 146 cm³/mol. The van der Waals surface area contributed by atoms with Gasteiger partial charge in [0.15, 0.2) is 5.04 Å². The minimum absolute atomic E-state index is 0.0267. The van der Waals surface area contributed by atoms with Gasteiger partial charge in [-0.25, -0.2) is 4.72 Å². The van der Waals surface area contributed by atoms with Crippen LogP contribution in [0.5, 0.6) is 0 Å². The fourth-order valence-corrected chi connectivity index (χ4v) is 7.04. The van der Waals surface area contributed by atoms with Gasteiger partial charge >= 0.3 is 10.1 Å². The highest BCUT2D eigenvalue weighted by molar-refractivity contribution is 8.05. The van der Waals surface area contributed by atoms with Gasteiger partial charge in [-0.15, -0.1) is 0 Å². The molecule has 0 aliphatic carbocycles. The maximum Gasteiger partial charge on any atom is 0.311 e. The summed E-state index contributed by atoms with van der Waals surface area (Å²) < 4.78 is 44.5. The van der Waals surface area contributed by atoms with Gasteiger partial charge < -0.3 is 15.2 Å². The summed E-state index contributed by atoms with van der Waals surface area (Å²) in [5, 5.41) is -0.490. The number of likely N-dealkylation sites (tertiary alicyclic amines) is 1. The largest absolute Gasteiger partial charge is 0.366 e. The number of nitrogens with zero attached hydrogens (tertiary/aromatic N) is 3. The van der Waals surface area contributed by atoms with E-state index >= 15 is 0 Å². The SMILES string of the molecule is NC(=O)c1cc(-n2cccc2)c(C2(Cc3ccccc3)NSN=C2S(=O)(=O)O)cc1C(=O)N1CCCCC1. The van der Waals surface area contributed by atoms with Gasteiger partial charge in [0.2, 0.25) is 5.91 Å². The maximum atomic E-state index is 13.7. The molecule has 0 bridgehead atoms. The van der Waals surface area contributed by atoms with E-state index in [-0.39, 0.29) is 23.5 Å². The molecule has 0 spiro atoms. The summed E-state index contributed by atoms with van der Waals surface area (Å²) in [6, 6.07) is 15.7. The van der Waals surface area contributed by atoms with Gasteiger partial charge in [0.25, 0.3) is 5.91 Å². The number of aromatic nitrogens is 1. The number of hydrogen-bond acceptors (Lipinski definition) is 7. The molecule has 1 atom stereocenters. The molecule has 3 aromatic rings. The van der Waals surface area contributed by atoms with E-state index in [0.717, 1.165) is 37.0 Å². The van der Waals surface area contributed by atoms with Crippen LogP contribution in [0.25, 0.3) is 5.69 Å². The van der Waals surface area contributed by atoms with Crippen LogP contribution in [0.15, 0.2) is 71.4 Å². The molecule has 2 amide bonds. The number of piperidine rings is 1. The van der Waals surface area contributed by atoms with Crippen molar-refractivity contribution in [3.8, 4) is 5.69 Å². The smallest absolute Gasteiger partial charge is 0.311 e. The second kappa shape index (κ2) is 10.4. The Morgan fingerprint density at radius 3 is 2.34 bits per heavy atom. The number of carbonyl (C=O) groups excluding carboxylic acids is 2. The third-order valence-corrected chi connectivity index (χ3v) is 8.64. The summed E-state index contributed by atoms with van der Waals surface area (Å²) >= 11 is 0.791. The van der Waals surface area contributed by atoms with Gasteiger partial charge in [-0.3, -0.25) is 14.1 Å². The molecule has 1 unspecified atom stereocenters. The quantitative estimate of drug-likeness (QED) is 0.314. The lowest BCUT2D eigenvalue weighted by Gasteiger charge is -2.33. The highest BCUT2D eigenvalue weighted by Crippen LogP contribution is 2.41. The summed E-state index contributed by atoms with van der Waals surface area (Å²) in [6.07, 6.45) is 6.26. The molecule has 1 aromatic heterocycles. The molecule has 1 saturated heterocycles. The Labute approximate surface area is 224 Å². The average Bonchev–Trinajstić information content (AvgIpc) is 3.60. The predicted octanol–water partition coefficient (Wildman–Crippen LogP) is 3.09. The summed E-state index contributed by atoms with van der Waals surface area (Å²) in [7, 11) is -4.77. The van der Waals surface area contributed by atoms with E-state index in [1.807, 2.05) is 30.3 Å². The van der Waals surface area contributed by atoms with Crippen LogP contribution in [0.1, 0.15) is 51.1 Å². The second-order valence-electron chi connectivity index (χ2n) is 9.35. The Kier molecular flexibility index (Phi) is 7.14. The van der Waals surface area contributed by atoms with Crippen LogP contribution in [0, 0.1) is 0 Å². The molecule has 2 aliphatic rings. The lowest BCUT2D eigenvalue weighted by molar-refractivity contribution is 0.0719. The normalized spacial score (nSPS) is 19.8. The Morgan fingerprint density at radius 2 is 1.71 bits per heavy atom. The Balaban J connectivity index is 1.80. The van der Waals surface area contributed by atoms with E-state index < -0.39 is 26.6 Å². The third kappa shape index (κ3) is 4.87. The molecule has 5 rings (SSSR count). The summed E-state index contributed by atoms with van der Waals surface area (Å²) in [6.45, 7) is 1.10. The first-order chi connectivity index (χ1) is 18.2. The minimum Gasteiger partial charge on any atom is -0.366 e. The van der Waals surface area contributed by atoms with Crippen molar-refractivity contribution in [2.75, 3.05) is 13.1 Å². The van der Waals surface area contributed by atoms with Crippen LogP contribution in [-0.2, 0) is 22.1 Å². The van der Waals surface area contributed by atoms with Crippen LogP contribution in [0.4, 0.5) is 0 Å². The van der Waals surface area contributed by atoms with E-state index in [2.05, 4.69) is 9.12 Å². The summed E-state index contributed by atoms with van der Waals surface area (Å²) in [4.78, 5) is 28.0. The number of hydrogen-bond donors (Lipinski definition) is 3. The van der Waals surface area contributed by atoms with Gasteiger partial charge in [0.1, 0.15) is 5.54 Å². The molecule has 10 nitrogen and oxygen atoms in total. The first kappa shape index (κ1) is 26.2. The zero-order chi connectivity index (χ0) is 26.9. The van der Waals surface area contributed by atoms with E-state index in [1.54, 1.807) is 34.0 Å². The van der Waals surface area contributed by atoms with Gasteiger partial charge in [-0.2, -0.15) is 12.8 Å². The number of benzene rings is 2. The Hall–Kier alpha value is -3.45. The number of amides is 2. The summed E-state index contributed by atoms with van der Waals surface area (Å²) in [5.74, 6) is -1.13. The highest BCUT2D eigenvalue weighted by Gasteiger charge is 2.50. The van der Waals surface area contributed by atoms with Crippen LogP contribution < -0.4 is 10.5 Å². The molecular formula is C26H27N5O5S2. The first-order valence-electron chi connectivity index (χ1n) is 12.1. The van der Waals surface area contributed by atoms with Crippen LogP contribution in [-0.4, -0.2) is 52.4 Å². The molecule has 0 radical (unpaired) electrons. The zero-order valence-corrected chi connectivity index (χ0v) is 22.0. The van der Waals surface area contributed by atoms with Crippen LogP contribution >= 0.6 is 12.1 Å². The second-order valence-corrected chi connectivity index (χ2v) is 11.3. The van der Waals surface area contributed by atoms with Crippen LogP contribution in [0.3, 0.4) is 0 Å². The summed E-state index contributed by atoms with van der Waals surface area (Å²) in [5.41, 5.74) is 5.83. The van der Waals surface area contributed by atoms with Crippen LogP contribution in [0.2, 0.25) is 0 Å². The van der Waals surface area contributed by atoms with Crippen molar-refractivity contribution in [3.05, 3.63) is 89.2 Å². The average molecular weight is 554 g/mol. The Morgan fingerprint density at radius 1 is 1.03 bits per heavy atom. The van der Waals surface area contributed by atoms with Gasteiger partial charge in [-0.05, 0) is 49.1 Å². The molecule has 198 valence electrons. The molecule has 4 N–H and O–H groups in total. The van der Waals surface area contributed by atoms with Crippen molar-refractivity contribution in [2.24, 2.45) is 10.1 Å². The number of nitrogens with two attached hydrogens (primary N) is 1. The monoisotopic (exact) mass is 553 g/mol. The van der Waals surface area contributed by atoms with Gasteiger partial charge in [-0.1, -0.05) is 30.3 Å². The molecule has 12 heteroatoms. The van der Waals surface area contributed by atoms with E-state index in [0.29, 0.717) is 24.3 Å². The zero-order valence-electron chi connectivity index (χ0n) is 20.4. The fourth-order valence-electron chi connectivity index (χ4n) is 5.10. The number of carbonyl (C=O) groups is 2. The van der Waals surface area contributed by atoms with Crippen molar-refractivity contribution in [3.63, 3.8) is 0 Å². The number of nitrogens with one attached hydrogen (secondary N) is 1. The van der Waals surface area contributed by atoms with E-state index in [1.165, 1.54) is 12.1 Å². The standard InChI is InChI=1S/C26H27N5O5S2/c27-23(32)19-16-22(30-11-7-8-12-30)21(15-20(19)24(33)31-13-5-2-6-14-31)26(17-18-9-3-1-4-10-18)25(28-37-29-26)38(34,35)36/h1,3-4,7-12,15-16,29H,2,5-6,13-14,17H2,(H2,27,32)(H,34,35,36). The molecule has 3 heterocycles. The van der Waals surface area contributed by atoms with Crippen molar-refractivity contribution in [1.82, 2.24) is 14.2 Å². The van der Waals surface area contributed by atoms with Gasteiger partial charge in [0, 0.05) is 37.5 Å². The molecule has 2 aromatic carbocycles. The third-order valence-electron chi connectivity index (χ3n) is 6.89. The molecule has 2 aliphatic heterocycles. The lowest BCUT2D eigenvalue weighted by atomic mass is 9.82. The molecule has 0 saturated carbocycles. The topological polar surface area (TPSA) is 147 Å². The highest BCUT2D eigenvalue weighted by atomic mass is 32.2. The number of primary amides is 1. The molecular weight excluding hydrogens is 526 g/mol. The van der Waals surface area contributed by atoms with E-state index in [4.69, 9.17) is 5.73 Å². The Bertz CT molecular complexity index is 1500. The lowest BCUT2D eigenvalue weighted by Crippen LogP contribution is -2.48. The fraction of sp³-hybridized carbons (Fsp3) is 0.269. The van der Waals surface area contributed by atoms with Crippen molar-refractivity contribution in [1.29, 1.82) is 0 Å². The van der Waals surface area contributed by atoms with Crippen molar-refractivity contribution in [2.45, 2.75) is 31.2 Å². The van der Waals surface area contributed by atoms with Crippen molar-refractivity contribution >= 4 is 39.1 Å².